The molecule has 3 nitrogen and oxygen atoms in total. The second-order valence-corrected chi connectivity index (χ2v) is 4.13. The van der Waals surface area contributed by atoms with Crippen molar-refractivity contribution >= 4 is 5.97 Å². The van der Waals surface area contributed by atoms with Crippen LogP contribution in [0, 0.1) is 0 Å². The minimum atomic E-state index is -0.410. The van der Waals surface area contributed by atoms with E-state index < -0.39 is 5.60 Å². The molecule has 0 N–H and O–H groups in total. The summed E-state index contributed by atoms with van der Waals surface area (Å²) in [5.41, 5.74) is -0.410. The number of halogens is 1. The predicted molar refractivity (Wildman–Crippen MR) is 52.5 cm³/mol. The molecule has 0 amide bonds. The van der Waals surface area contributed by atoms with Gasteiger partial charge in [-0.3, -0.25) is 0 Å². The third kappa shape index (κ3) is 6.07. The number of nitrogens with zero attached hydrogens (tertiary/aromatic N) is 1. The van der Waals surface area contributed by atoms with E-state index in [2.05, 4.69) is 0 Å². The first-order valence-electron chi connectivity index (χ1n) is 4.63. The van der Waals surface area contributed by atoms with Crippen LogP contribution in [0.1, 0.15) is 20.8 Å². The Kier molecular flexibility index (Phi) is 5.29. The van der Waals surface area contributed by atoms with E-state index in [0.717, 1.165) is 0 Å². The monoisotopic (exact) mass is 229 g/mol. The average molecular weight is 230 g/mol. The fourth-order valence-corrected chi connectivity index (χ4v) is 1.06. The van der Waals surface area contributed by atoms with Crippen molar-refractivity contribution in [3.05, 3.63) is 30.6 Å². The fourth-order valence-electron chi connectivity index (χ4n) is 1.06. The van der Waals surface area contributed by atoms with Gasteiger partial charge in [-0.15, -0.1) is 0 Å². The molecule has 0 spiro atoms. The molecule has 0 atom stereocenters. The molecule has 15 heavy (non-hydrogen) atoms. The molecular weight excluding hydrogens is 214 g/mol. The summed E-state index contributed by atoms with van der Waals surface area (Å²) in [6, 6.07) is 5.67. The maximum atomic E-state index is 11.4. The Morgan fingerprint density at radius 3 is 2.20 bits per heavy atom. The molecule has 1 heterocycles. The topological polar surface area (TPSA) is 30.2 Å². The molecule has 0 saturated carbocycles. The van der Waals surface area contributed by atoms with Crippen molar-refractivity contribution in [1.29, 1.82) is 0 Å². The highest BCUT2D eigenvalue weighted by molar-refractivity contribution is 5.68. The van der Waals surface area contributed by atoms with Crippen LogP contribution in [0.3, 0.4) is 0 Å². The zero-order chi connectivity index (χ0) is 10.6. The second kappa shape index (κ2) is 5.71. The molecule has 0 fully saturated rings. The summed E-state index contributed by atoms with van der Waals surface area (Å²) >= 11 is 0. The maximum absolute atomic E-state index is 11.4. The highest BCUT2D eigenvalue weighted by atomic mass is 35.5. The van der Waals surface area contributed by atoms with Crippen LogP contribution >= 0.6 is 0 Å². The van der Waals surface area contributed by atoms with E-state index in [1.807, 2.05) is 51.4 Å². The van der Waals surface area contributed by atoms with Crippen molar-refractivity contribution in [2.45, 2.75) is 32.9 Å². The predicted octanol–water partition coefficient (Wildman–Crippen LogP) is -1.68. The Hall–Kier alpha value is -1.09. The number of aromatic nitrogens is 1. The molecule has 1 aromatic heterocycles. The SMILES string of the molecule is CC(C)(C)OC(=O)C[n+]1ccccc1.[Cl-]. The molecule has 1 aromatic rings. The maximum Gasteiger partial charge on any atom is 0.373 e. The smallest absolute Gasteiger partial charge is 0.373 e. The van der Waals surface area contributed by atoms with Crippen LogP contribution in [-0.4, -0.2) is 11.6 Å². The van der Waals surface area contributed by atoms with E-state index in [1.165, 1.54) is 0 Å². The van der Waals surface area contributed by atoms with Crippen LogP contribution in [0.2, 0.25) is 0 Å². The van der Waals surface area contributed by atoms with Crippen LogP contribution in [0.25, 0.3) is 0 Å². The molecule has 4 heteroatoms. The summed E-state index contributed by atoms with van der Waals surface area (Å²) in [6.45, 7) is 5.85. The Labute approximate surface area is 96.5 Å². The lowest BCUT2D eigenvalue weighted by Crippen LogP contribution is -3.00. The van der Waals surface area contributed by atoms with Gasteiger partial charge in [-0.05, 0) is 20.8 Å². The first kappa shape index (κ1) is 13.9. The van der Waals surface area contributed by atoms with E-state index in [-0.39, 0.29) is 24.9 Å². The minimum absolute atomic E-state index is 0. The van der Waals surface area contributed by atoms with Gasteiger partial charge in [0.25, 0.3) is 0 Å². The lowest BCUT2D eigenvalue weighted by Gasteiger charge is -2.18. The molecule has 1 rings (SSSR count). The number of esters is 1. The van der Waals surface area contributed by atoms with Crippen molar-refractivity contribution in [1.82, 2.24) is 0 Å². The zero-order valence-corrected chi connectivity index (χ0v) is 9.99. The molecule has 0 aliphatic heterocycles. The average Bonchev–Trinajstić information content (AvgIpc) is 2.02. The molecule has 0 unspecified atom stereocenters. The van der Waals surface area contributed by atoms with Gasteiger partial charge < -0.3 is 17.1 Å². The molecule has 0 aliphatic rings. The van der Waals surface area contributed by atoms with Crippen LogP contribution in [0.4, 0.5) is 0 Å². The first-order chi connectivity index (χ1) is 6.47. The summed E-state index contributed by atoms with van der Waals surface area (Å²) in [5, 5.41) is 0. The lowest BCUT2D eigenvalue weighted by atomic mass is 10.2. The van der Waals surface area contributed by atoms with Gasteiger partial charge in [0.1, 0.15) is 5.60 Å². The molecule has 84 valence electrons. The number of ether oxygens (including phenoxy) is 1. The van der Waals surface area contributed by atoms with Gasteiger partial charge in [-0.2, -0.15) is 4.57 Å². The zero-order valence-electron chi connectivity index (χ0n) is 9.24. The fraction of sp³-hybridized carbons (Fsp3) is 0.455. The van der Waals surface area contributed by atoms with Gasteiger partial charge in [0, 0.05) is 12.1 Å². The van der Waals surface area contributed by atoms with Gasteiger partial charge in [0.2, 0.25) is 6.54 Å². The van der Waals surface area contributed by atoms with E-state index >= 15 is 0 Å². The van der Waals surface area contributed by atoms with E-state index in [9.17, 15) is 4.79 Å². The molecule has 0 saturated heterocycles. The third-order valence-corrected chi connectivity index (χ3v) is 1.51. The van der Waals surface area contributed by atoms with Crippen molar-refractivity contribution < 1.29 is 26.5 Å². The van der Waals surface area contributed by atoms with Crippen molar-refractivity contribution in [3.8, 4) is 0 Å². The molecule has 0 bridgehead atoms. The number of pyridine rings is 1. The largest absolute Gasteiger partial charge is 1.00 e. The summed E-state index contributed by atoms with van der Waals surface area (Å²) in [4.78, 5) is 11.4. The van der Waals surface area contributed by atoms with Gasteiger partial charge in [-0.1, -0.05) is 6.07 Å². The van der Waals surface area contributed by atoms with E-state index in [1.54, 1.807) is 4.57 Å². The van der Waals surface area contributed by atoms with Crippen LogP contribution < -0.4 is 17.0 Å². The summed E-state index contributed by atoms with van der Waals surface area (Å²) in [7, 11) is 0. The van der Waals surface area contributed by atoms with E-state index in [0.29, 0.717) is 0 Å². The molecular formula is C11H16ClNO2. The highest BCUT2D eigenvalue weighted by Gasteiger charge is 2.18. The standard InChI is InChI=1S/C11H16NO2.ClH/c1-11(2,3)14-10(13)9-12-7-5-4-6-8-12;/h4-8H,9H2,1-3H3;1H/q+1;/p-1. The van der Waals surface area contributed by atoms with E-state index in [4.69, 9.17) is 4.74 Å². The second-order valence-electron chi connectivity index (χ2n) is 4.13. The minimum Gasteiger partial charge on any atom is -1.00 e. The summed E-state index contributed by atoms with van der Waals surface area (Å²) < 4.78 is 6.97. The number of rotatable bonds is 2. The Morgan fingerprint density at radius 2 is 1.73 bits per heavy atom. The number of carbonyl (C=O) groups excluding carboxylic acids is 1. The van der Waals surface area contributed by atoms with Crippen LogP contribution in [0.5, 0.6) is 0 Å². The van der Waals surface area contributed by atoms with Crippen molar-refractivity contribution in [3.63, 3.8) is 0 Å². The summed E-state index contributed by atoms with van der Waals surface area (Å²) in [5.74, 6) is -0.214. The van der Waals surface area contributed by atoms with Crippen LogP contribution in [0.15, 0.2) is 30.6 Å². The quantitative estimate of drug-likeness (QED) is 0.448. The lowest BCUT2D eigenvalue weighted by molar-refractivity contribution is -0.686. The summed E-state index contributed by atoms with van der Waals surface area (Å²) in [6.07, 6.45) is 3.67. The highest BCUT2D eigenvalue weighted by Crippen LogP contribution is 2.06. The van der Waals surface area contributed by atoms with Gasteiger partial charge in [0.05, 0.1) is 0 Å². The number of hydrogen-bond donors (Lipinski definition) is 0. The molecule has 0 aliphatic carbocycles. The third-order valence-electron chi connectivity index (χ3n) is 1.51. The number of carbonyl (C=O) groups is 1. The molecule has 0 radical (unpaired) electrons. The Balaban J connectivity index is 0.00000196. The van der Waals surface area contributed by atoms with Crippen LogP contribution in [-0.2, 0) is 16.1 Å². The molecule has 0 aromatic carbocycles. The van der Waals surface area contributed by atoms with Crippen molar-refractivity contribution in [2.24, 2.45) is 0 Å². The first-order valence-corrected chi connectivity index (χ1v) is 4.63. The van der Waals surface area contributed by atoms with Gasteiger partial charge in [-0.25, -0.2) is 4.79 Å². The van der Waals surface area contributed by atoms with Crippen molar-refractivity contribution in [2.75, 3.05) is 0 Å². The number of hydrogen-bond acceptors (Lipinski definition) is 2. The Morgan fingerprint density at radius 1 is 1.20 bits per heavy atom. The van der Waals surface area contributed by atoms with Gasteiger partial charge in [0.15, 0.2) is 12.4 Å². The van der Waals surface area contributed by atoms with Gasteiger partial charge >= 0.3 is 5.97 Å². The Bertz CT molecular complexity index is 306. The normalized spacial score (nSPS) is 10.3.